The average molecular weight is 380 g/mol. The standard InChI is InChI=1S/C22H28N4O2/c1-24-12-14-26(15-13-24)20-10-8-19(9-11-20)23-21(27)16-22(28)25(2)17-18-6-4-3-5-7-18/h3-11H,12-17H2,1-2H3,(H,23,27). The molecule has 0 bridgehead atoms. The molecule has 0 unspecified atom stereocenters. The van der Waals surface area contributed by atoms with E-state index in [9.17, 15) is 9.59 Å². The van der Waals surface area contributed by atoms with Crippen LogP contribution in [-0.4, -0.2) is 61.9 Å². The summed E-state index contributed by atoms with van der Waals surface area (Å²) >= 11 is 0. The molecule has 0 radical (unpaired) electrons. The van der Waals surface area contributed by atoms with Gasteiger partial charge in [-0.3, -0.25) is 9.59 Å². The van der Waals surface area contributed by atoms with Crippen LogP contribution in [0.25, 0.3) is 0 Å². The highest BCUT2D eigenvalue weighted by Crippen LogP contribution is 2.19. The van der Waals surface area contributed by atoms with E-state index in [0.29, 0.717) is 12.2 Å². The molecule has 3 rings (SSSR count). The molecule has 2 amide bonds. The second kappa shape index (κ2) is 9.37. The summed E-state index contributed by atoms with van der Waals surface area (Å²) in [6.45, 7) is 4.61. The Kier molecular flexibility index (Phi) is 6.66. The summed E-state index contributed by atoms with van der Waals surface area (Å²) in [7, 11) is 3.85. The van der Waals surface area contributed by atoms with Crippen LogP contribution in [0.1, 0.15) is 12.0 Å². The van der Waals surface area contributed by atoms with Gasteiger partial charge in [-0.1, -0.05) is 30.3 Å². The van der Waals surface area contributed by atoms with Crippen LogP contribution >= 0.6 is 0 Å². The van der Waals surface area contributed by atoms with Gasteiger partial charge in [0.05, 0.1) is 0 Å². The molecule has 1 heterocycles. The smallest absolute Gasteiger partial charge is 0.233 e. The Morgan fingerprint density at radius 3 is 2.25 bits per heavy atom. The van der Waals surface area contributed by atoms with Crippen molar-refractivity contribution >= 4 is 23.2 Å². The normalized spacial score (nSPS) is 14.6. The number of benzene rings is 2. The van der Waals surface area contributed by atoms with Gasteiger partial charge < -0.3 is 20.0 Å². The zero-order chi connectivity index (χ0) is 19.9. The number of amides is 2. The fraction of sp³-hybridized carbons (Fsp3) is 0.364. The second-order valence-corrected chi connectivity index (χ2v) is 7.30. The van der Waals surface area contributed by atoms with Crippen molar-refractivity contribution in [3.05, 3.63) is 60.2 Å². The highest BCUT2D eigenvalue weighted by molar-refractivity contribution is 6.03. The molecule has 148 valence electrons. The number of rotatable bonds is 6. The molecular weight excluding hydrogens is 352 g/mol. The molecule has 6 heteroatoms. The maximum absolute atomic E-state index is 12.3. The highest BCUT2D eigenvalue weighted by atomic mass is 16.2. The van der Waals surface area contributed by atoms with Crippen LogP contribution in [0.5, 0.6) is 0 Å². The van der Waals surface area contributed by atoms with Crippen molar-refractivity contribution in [1.29, 1.82) is 0 Å². The predicted molar refractivity (Wildman–Crippen MR) is 112 cm³/mol. The number of hydrogen-bond acceptors (Lipinski definition) is 4. The van der Waals surface area contributed by atoms with Gasteiger partial charge in [0.2, 0.25) is 11.8 Å². The van der Waals surface area contributed by atoms with E-state index < -0.39 is 0 Å². The highest BCUT2D eigenvalue weighted by Gasteiger charge is 2.16. The summed E-state index contributed by atoms with van der Waals surface area (Å²) in [5.41, 5.74) is 2.91. The summed E-state index contributed by atoms with van der Waals surface area (Å²) in [6, 6.07) is 17.6. The number of carbonyl (C=O) groups excluding carboxylic acids is 2. The first-order chi connectivity index (χ1) is 13.5. The van der Waals surface area contributed by atoms with Gasteiger partial charge in [0.15, 0.2) is 0 Å². The van der Waals surface area contributed by atoms with Crippen LogP contribution in [0, 0.1) is 0 Å². The summed E-state index contributed by atoms with van der Waals surface area (Å²) in [5, 5.41) is 2.82. The lowest BCUT2D eigenvalue weighted by molar-refractivity contribution is -0.133. The molecule has 28 heavy (non-hydrogen) atoms. The van der Waals surface area contributed by atoms with Gasteiger partial charge in [0.25, 0.3) is 0 Å². The molecular formula is C22H28N4O2. The van der Waals surface area contributed by atoms with Crippen LogP contribution in [0.3, 0.4) is 0 Å². The van der Waals surface area contributed by atoms with Crippen molar-refractivity contribution in [3.8, 4) is 0 Å². The molecule has 1 aliphatic rings. The van der Waals surface area contributed by atoms with Crippen LogP contribution < -0.4 is 10.2 Å². The number of carbonyl (C=O) groups is 2. The van der Waals surface area contributed by atoms with Gasteiger partial charge in [-0.15, -0.1) is 0 Å². The zero-order valence-electron chi connectivity index (χ0n) is 16.6. The Morgan fingerprint density at radius 1 is 0.964 bits per heavy atom. The Morgan fingerprint density at radius 2 is 1.61 bits per heavy atom. The third-order valence-electron chi connectivity index (χ3n) is 5.02. The largest absolute Gasteiger partial charge is 0.369 e. The molecule has 1 aliphatic heterocycles. The number of anilines is 2. The van der Waals surface area contributed by atoms with Crippen molar-refractivity contribution in [2.75, 3.05) is 50.5 Å². The van der Waals surface area contributed by atoms with Gasteiger partial charge in [-0.05, 0) is 36.9 Å². The Bertz CT molecular complexity index is 784. The summed E-state index contributed by atoms with van der Waals surface area (Å²) in [5.74, 6) is -0.493. The maximum Gasteiger partial charge on any atom is 0.233 e. The zero-order valence-corrected chi connectivity index (χ0v) is 16.6. The first-order valence-corrected chi connectivity index (χ1v) is 9.62. The monoisotopic (exact) mass is 380 g/mol. The van der Waals surface area contributed by atoms with Gasteiger partial charge >= 0.3 is 0 Å². The van der Waals surface area contributed by atoms with E-state index in [1.54, 1.807) is 11.9 Å². The Hall–Kier alpha value is -2.86. The van der Waals surface area contributed by atoms with Gasteiger partial charge in [0.1, 0.15) is 6.42 Å². The van der Waals surface area contributed by atoms with E-state index in [0.717, 1.165) is 37.4 Å². The average Bonchev–Trinajstić information content (AvgIpc) is 2.70. The topological polar surface area (TPSA) is 55.9 Å². The second-order valence-electron chi connectivity index (χ2n) is 7.30. The van der Waals surface area contributed by atoms with E-state index >= 15 is 0 Å². The van der Waals surface area contributed by atoms with Crippen molar-refractivity contribution in [2.24, 2.45) is 0 Å². The van der Waals surface area contributed by atoms with Crippen molar-refractivity contribution < 1.29 is 9.59 Å². The lowest BCUT2D eigenvalue weighted by Crippen LogP contribution is -2.44. The fourth-order valence-electron chi connectivity index (χ4n) is 3.24. The van der Waals surface area contributed by atoms with Crippen LogP contribution in [0.2, 0.25) is 0 Å². The molecule has 0 saturated carbocycles. The molecule has 0 atom stereocenters. The predicted octanol–water partition coefficient (Wildman–Crippen LogP) is 2.43. The van der Waals surface area contributed by atoms with E-state index in [1.165, 1.54) is 0 Å². The van der Waals surface area contributed by atoms with Crippen LogP contribution in [0.15, 0.2) is 54.6 Å². The summed E-state index contributed by atoms with van der Waals surface area (Å²) in [4.78, 5) is 30.7. The van der Waals surface area contributed by atoms with Gasteiger partial charge in [-0.25, -0.2) is 0 Å². The molecule has 2 aromatic carbocycles. The fourth-order valence-corrected chi connectivity index (χ4v) is 3.24. The van der Waals surface area contributed by atoms with Gasteiger partial charge in [-0.2, -0.15) is 0 Å². The minimum absolute atomic E-state index is 0.163. The van der Waals surface area contributed by atoms with Crippen LogP contribution in [0.4, 0.5) is 11.4 Å². The summed E-state index contributed by atoms with van der Waals surface area (Å²) < 4.78 is 0. The third-order valence-corrected chi connectivity index (χ3v) is 5.02. The maximum atomic E-state index is 12.3. The quantitative estimate of drug-likeness (QED) is 0.782. The Balaban J connectivity index is 1.48. The lowest BCUT2D eigenvalue weighted by Gasteiger charge is -2.34. The third kappa shape index (κ3) is 5.57. The molecule has 2 aromatic rings. The van der Waals surface area contributed by atoms with Crippen molar-refractivity contribution in [1.82, 2.24) is 9.80 Å². The van der Waals surface area contributed by atoms with E-state index in [2.05, 4.69) is 22.2 Å². The number of piperazine rings is 1. The van der Waals surface area contributed by atoms with E-state index in [1.807, 2.05) is 54.6 Å². The molecule has 6 nitrogen and oxygen atoms in total. The molecule has 0 aromatic heterocycles. The summed E-state index contributed by atoms with van der Waals surface area (Å²) in [6.07, 6.45) is -0.163. The molecule has 1 saturated heterocycles. The van der Waals surface area contributed by atoms with Gasteiger partial charge in [0, 0.05) is 51.1 Å². The molecule has 1 fully saturated rings. The minimum atomic E-state index is -0.294. The molecule has 0 aliphatic carbocycles. The lowest BCUT2D eigenvalue weighted by atomic mass is 10.2. The van der Waals surface area contributed by atoms with Crippen molar-refractivity contribution in [2.45, 2.75) is 13.0 Å². The first-order valence-electron chi connectivity index (χ1n) is 9.62. The van der Waals surface area contributed by atoms with E-state index in [4.69, 9.17) is 0 Å². The van der Waals surface area contributed by atoms with E-state index in [-0.39, 0.29) is 18.2 Å². The van der Waals surface area contributed by atoms with Crippen molar-refractivity contribution in [3.63, 3.8) is 0 Å². The molecule has 0 spiro atoms. The number of likely N-dealkylation sites (N-methyl/N-ethyl adjacent to an activating group) is 1. The SMILES string of the molecule is CN1CCN(c2ccc(NC(=O)CC(=O)N(C)Cc3ccccc3)cc2)CC1. The van der Waals surface area contributed by atoms with Crippen LogP contribution in [-0.2, 0) is 16.1 Å². The number of nitrogens with zero attached hydrogens (tertiary/aromatic N) is 3. The molecule has 1 N–H and O–H groups in total. The number of nitrogens with one attached hydrogen (secondary N) is 1. The number of hydrogen-bond donors (Lipinski definition) is 1. The Labute approximate surface area is 166 Å². The minimum Gasteiger partial charge on any atom is -0.369 e. The first kappa shape index (κ1) is 19.9.